The summed E-state index contributed by atoms with van der Waals surface area (Å²) in [5.41, 5.74) is 1.20. The van der Waals surface area contributed by atoms with Gasteiger partial charge < -0.3 is 14.2 Å². The second-order valence-corrected chi connectivity index (χ2v) is 5.58. The summed E-state index contributed by atoms with van der Waals surface area (Å²) in [5.74, 6) is -0.706. The topological polar surface area (TPSA) is 74.2 Å². The summed E-state index contributed by atoms with van der Waals surface area (Å²) in [5, 5.41) is 0. The average Bonchev–Trinajstić information content (AvgIpc) is 2.98. The molecule has 0 amide bonds. The predicted molar refractivity (Wildman–Crippen MR) is 95.9 cm³/mol. The number of ether oxygens (including phenoxy) is 3. The van der Waals surface area contributed by atoms with Crippen molar-refractivity contribution in [3.8, 4) is 11.5 Å². The van der Waals surface area contributed by atoms with Crippen molar-refractivity contribution in [3.05, 3.63) is 65.1 Å². The lowest BCUT2D eigenvalue weighted by Gasteiger charge is -2.10. The van der Waals surface area contributed by atoms with E-state index >= 15 is 0 Å². The number of cyclic esters (lactones) is 1. The third-order valence-corrected chi connectivity index (χ3v) is 3.54. The van der Waals surface area contributed by atoms with Crippen LogP contribution in [0.25, 0.3) is 6.08 Å². The van der Waals surface area contributed by atoms with E-state index in [1.54, 1.807) is 25.1 Å². The van der Waals surface area contributed by atoms with Crippen molar-refractivity contribution in [3.63, 3.8) is 0 Å². The van der Waals surface area contributed by atoms with Crippen molar-refractivity contribution in [1.29, 1.82) is 0 Å². The molecule has 0 saturated carbocycles. The molecule has 7 heteroatoms. The Hall–Kier alpha value is -3.48. The third kappa shape index (κ3) is 4.38. The fraction of sp³-hybridized carbons (Fsp3) is 0.150. The number of carbonyl (C=O) groups excluding carboxylic acids is 2. The Labute approximate surface area is 154 Å². The Bertz CT molecular complexity index is 947. The number of esters is 2. The zero-order valence-electron chi connectivity index (χ0n) is 14.7. The van der Waals surface area contributed by atoms with Gasteiger partial charge in [-0.05, 0) is 55.0 Å². The lowest BCUT2D eigenvalue weighted by atomic mass is 10.1. The Morgan fingerprint density at radius 1 is 1.19 bits per heavy atom. The van der Waals surface area contributed by atoms with Crippen molar-refractivity contribution >= 4 is 23.9 Å². The molecule has 0 aliphatic carbocycles. The SMILES string of the molecule is CCOc1cc(C=C2N=C(c3ccc(F)cc3)OC2=O)ccc1OC(C)=O. The molecule has 27 heavy (non-hydrogen) atoms. The molecular weight excluding hydrogens is 353 g/mol. The van der Waals surface area contributed by atoms with Gasteiger partial charge >= 0.3 is 11.9 Å². The largest absolute Gasteiger partial charge is 0.490 e. The molecule has 1 heterocycles. The minimum atomic E-state index is -0.614. The highest BCUT2D eigenvalue weighted by Gasteiger charge is 2.24. The van der Waals surface area contributed by atoms with E-state index in [4.69, 9.17) is 14.2 Å². The van der Waals surface area contributed by atoms with Gasteiger partial charge in [-0.3, -0.25) is 4.79 Å². The van der Waals surface area contributed by atoms with Gasteiger partial charge in [-0.25, -0.2) is 14.2 Å². The summed E-state index contributed by atoms with van der Waals surface area (Å²) in [7, 11) is 0. The number of benzene rings is 2. The van der Waals surface area contributed by atoms with Crippen LogP contribution in [0.2, 0.25) is 0 Å². The molecule has 0 atom stereocenters. The van der Waals surface area contributed by atoms with E-state index < -0.39 is 17.8 Å². The minimum Gasteiger partial charge on any atom is -0.490 e. The first-order valence-corrected chi connectivity index (χ1v) is 8.20. The van der Waals surface area contributed by atoms with Crippen LogP contribution >= 0.6 is 0 Å². The first kappa shape index (κ1) is 18.3. The van der Waals surface area contributed by atoms with Gasteiger partial charge in [0, 0.05) is 12.5 Å². The standard InChI is InChI=1S/C20H16FNO5/c1-3-25-18-11-13(4-9-17(18)26-12(2)23)10-16-20(24)27-19(22-16)14-5-7-15(21)8-6-14/h4-11H,3H2,1-2H3. The summed E-state index contributed by atoms with van der Waals surface area (Å²) in [6, 6.07) is 10.3. The Balaban J connectivity index is 1.91. The number of aliphatic imine (C=N–C) groups is 1. The Morgan fingerprint density at radius 2 is 1.93 bits per heavy atom. The maximum atomic E-state index is 13.0. The molecule has 3 rings (SSSR count). The highest BCUT2D eigenvalue weighted by molar-refractivity contribution is 6.12. The van der Waals surface area contributed by atoms with E-state index in [0.717, 1.165) is 0 Å². The van der Waals surface area contributed by atoms with Crippen LogP contribution in [0.15, 0.2) is 53.2 Å². The van der Waals surface area contributed by atoms with Crippen molar-refractivity contribution in [2.24, 2.45) is 4.99 Å². The van der Waals surface area contributed by atoms with Crippen LogP contribution in [0.5, 0.6) is 11.5 Å². The number of hydrogen-bond donors (Lipinski definition) is 0. The minimum absolute atomic E-state index is 0.0945. The second kappa shape index (κ2) is 7.82. The van der Waals surface area contributed by atoms with Crippen LogP contribution in [0.1, 0.15) is 25.0 Å². The van der Waals surface area contributed by atoms with Crippen molar-refractivity contribution < 1.29 is 28.2 Å². The van der Waals surface area contributed by atoms with Crippen molar-refractivity contribution in [2.75, 3.05) is 6.61 Å². The summed E-state index contributed by atoms with van der Waals surface area (Å²) >= 11 is 0. The fourth-order valence-electron chi connectivity index (χ4n) is 2.40. The normalized spacial score (nSPS) is 14.7. The smallest absolute Gasteiger partial charge is 0.363 e. The third-order valence-electron chi connectivity index (χ3n) is 3.54. The van der Waals surface area contributed by atoms with Gasteiger partial charge in [-0.1, -0.05) is 6.07 Å². The van der Waals surface area contributed by atoms with Gasteiger partial charge in [-0.15, -0.1) is 0 Å². The molecule has 2 aromatic carbocycles. The molecule has 0 spiro atoms. The van der Waals surface area contributed by atoms with E-state index in [0.29, 0.717) is 23.5 Å². The molecule has 0 unspecified atom stereocenters. The monoisotopic (exact) mass is 369 g/mol. The first-order valence-electron chi connectivity index (χ1n) is 8.20. The summed E-state index contributed by atoms with van der Waals surface area (Å²) in [6.45, 7) is 3.48. The molecule has 0 fully saturated rings. The lowest BCUT2D eigenvalue weighted by molar-refractivity contribution is -0.132. The molecule has 138 valence electrons. The van der Waals surface area contributed by atoms with Crippen LogP contribution in [0.4, 0.5) is 4.39 Å². The molecule has 6 nitrogen and oxygen atoms in total. The molecule has 0 aromatic heterocycles. The zero-order valence-corrected chi connectivity index (χ0v) is 14.7. The lowest BCUT2D eigenvalue weighted by Crippen LogP contribution is -2.05. The van der Waals surface area contributed by atoms with Gasteiger partial charge in [0.05, 0.1) is 6.61 Å². The molecule has 0 bridgehead atoms. The highest BCUT2D eigenvalue weighted by Crippen LogP contribution is 2.30. The molecule has 1 aliphatic heterocycles. The Morgan fingerprint density at radius 3 is 2.59 bits per heavy atom. The fourth-order valence-corrected chi connectivity index (χ4v) is 2.40. The van der Waals surface area contributed by atoms with E-state index in [1.165, 1.54) is 37.3 Å². The molecule has 2 aromatic rings. The van der Waals surface area contributed by atoms with E-state index in [2.05, 4.69) is 4.99 Å². The van der Waals surface area contributed by atoms with Gasteiger partial charge in [0.1, 0.15) is 5.82 Å². The van der Waals surface area contributed by atoms with E-state index in [-0.39, 0.29) is 17.3 Å². The predicted octanol–water partition coefficient (Wildman–Crippen LogP) is 3.49. The van der Waals surface area contributed by atoms with Gasteiger partial charge in [0.25, 0.3) is 0 Å². The number of nitrogens with zero attached hydrogens (tertiary/aromatic N) is 1. The summed E-state index contributed by atoms with van der Waals surface area (Å²) in [4.78, 5) is 27.4. The first-order chi connectivity index (χ1) is 13.0. The van der Waals surface area contributed by atoms with Crippen LogP contribution in [-0.4, -0.2) is 24.4 Å². The van der Waals surface area contributed by atoms with Crippen LogP contribution < -0.4 is 9.47 Å². The summed E-state index contributed by atoms with van der Waals surface area (Å²) < 4.78 is 28.7. The maximum absolute atomic E-state index is 13.0. The van der Waals surface area contributed by atoms with Crippen molar-refractivity contribution in [1.82, 2.24) is 0 Å². The number of rotatable bonds is 5. The summed E-state index contributed by atoms with van der Waals surface area (Å²) in [6.07, 6.45) is 1.53. The number of carbonyl (C=O) groups is 2. The number of hydrogen-bond acceptors (Lipinski definition) is 6. The van der Waals surface area contributed by atoms with E-state index in [9.17, 15) is 14.0 Å². The zero-order chi connectivity index (χ0) is 19.4. The molecule has 1 aliphatic rings. The quantitative estimate of drug-likeness (QED) is 0.458. The van der Waals surface area contributed by atoms with Gasteiger partial charge in [-0.2, -0.15) is 0 Å². The van der Waals surface area contributed by atoms with Crippen LogP contribution in [0, 0.1) is 5.82 Å². The van der Waals surface area contributed by atoms with Gasteiger partial charge in [0.15, 0.2) is 17.2 Å². The van der Waals surface area contributed by atoms with Crippen LogP contribution in [-0.2, 0) is 14.3 Å². The Kier molecular flexibility index (Phi) is 5.30. The van der Waals surface area contributed by atoms with Crippen molar-refractivity contribution in [2.45, 2.75) is 13.8 Å². The number of halogens is 1. The molecule has 0 radical (unpaired) electrons. The highest BCUT2D eigenvalue weighted by atomic mass is 19.1. The van der Waals surface area contributed by atoms with Gasteiger partial charge in [0.2, 0.25) is 5.90 Å². The maximum Gasteiger partial charge on any atom is 0.363 e. The van der Waals surface area contributed by atoms with Crippen LogP contribution in [0.3, 0.4) is 0 Å². The molecular formula is C20H16FNO5. The average molecular weight is 369 g/mol. The molecule has 0 saturated heterocycles. The molecule has 0 N–H and O–H groups in total. The van der Waals surface area contributed by atoms with E-state index in [1.807, 2.05) is 0 Å². The second-order valence-electron chi connectivity index (χ2n) is 5.58.